The van der Waals surface area contributed by atoms with Gasteiger partial charge >= 0.3 is 0 Å². The van der Waals surface area contributed by atoms with Gasteiger partial charge < -0.3 is 9.64 Å². The van der Waals surface area contributed by atoms with E-state index in [-0.39, 0.29) is 29.1 Å². The van der Waals surface area contributed by atoms with Crippen molar-refractivity contribution in [3.8, 4) is 0 Å². The van der Waals surface area contributed by atoms with Crippen molar-refractivity contribution < 1.29 is 17.9 Å². The molecule has 0 spiro atoms. The van der Waals surface area contributed by atoms with E-state index in [1.54, 1.807) is 18.2 Å². The summed E-state index contributed by atoms with van der Waals surface area (Å²) in [7, 11) is -3.65. The summed E-state index contributed by atoms with van der Waals surface area (Å²) in [5.41, 5.74) is 0.443. The summed E-state index contributed by atoms with van der Waals surface area (Å²) < 4.78 is 33.3. The first-order valence-electron chi connectivity index (χ1n) is 9.76. The predicted octanol–water partition coefficient (Wildman–Crippen LogP) is 2.75. The van der Waals surface area contributed by atoms with Gasteiger partial charge in [-0.2, -0.15) is 4.31 Å². The number of carbonyl (C=O) groups is 1. The molecule has 7 heteroatoms. The summed E-state index contributed by atoms with van der Waals surface area (Å²) in [6.45, 7) is 9.38. The van der Waals surface area contributed by atoms with Crippen LogP contribution >= 0.6 is 0 Å². The monoisotopic (exact) mass is 394 g/mol. The van der Waals surface area contributed by atoms with Crippen LogP contribution in [0.2, 0.25) is 0 Å². The van der Waals surface area contributed by atoms with Crippen molar-refractivity contribution in [2.24, 2.45) is 5.92 Å². The van der Waals surface area contributed by atoms with Gasteiger partial charge in [0, 0.05) is 31.2 Å². The van der Waals surface area contributed by atoms with Gasteiger partial charge in [0.25, 0.3) is 5.91 Å². The zero-order chi connectivity index (χ0) is 19.8. The Morgan fingerprint density at radius 2 is 1.85 bits per heavy atom. The molecule has 0 saturated carbocycles. The topological polar surface area (TPSA) is 66.9 Å². The molecular formula is C20H30N2O4S. The molecule has 3 unspecified atom stereocenters. The minimum atomic E-state index is -3.65. The average Bonchev–Trinajstić information content (AvgIpc) is 3.10. The molecule has 2 aliphatic rings. The van der Waals surface area contributed by atoms with Crippen LogP contribution in [0, 0.1) is 5.92 Å². The highest BCUT2D eigenvalue weighted by Crippen LogP contribution is 2.27. The molecule has 1 aromatic rings. The van der Waals surface area contributed by atoms with Gasteiger partial charge in [-0.25, -0.2) is 8.42 Å². The first-order chi connectivity index (χ1) is 12.7. The zero-order valence-electron chi connectivity index (χ0n) is 16.6. The summed E-state index contributed by atoms with van der Waals surface area (Å²) >= 11 is 0. The Kier molecular flexibility index (Phi) is 5.93. The van der Waals surface area contributed by atoms with Crippen LogP contribution in [0.1, 0.15) is 50.9 Å². The predicted molar refractivity (Wildman–Crippen MR) is 104 cm³/mol. The molecule has 1 amide bonds. The molecule has 0 aromatic heterocycles. The quantitative estimate of drug-likeness (QED) is 0.788. The molecule has 2 fully saturated rings. The van der Waals surface area contributed by atoms with E-state index in [1.807, 2.05) is 18.7 Å². The van der Waals surface area contributed by atoms with Gasteiger partial charge in [-0.15, -0.1) is 0 Å². The third-order valence-electron chi connectivity index (χ3n) is 5.43. The Balaban J connectivity index is 1.86. The number of ether oxygens (including phenoxy) is 1. The maximum Gasteiger partial charge on any atom is 0.254 e. The van der Waals surface area contributed by atoms with Crippen LogP contribution in [0.4, 0.5) is 0 Å². The van der Waals surface area contributed by atoms with E-state index >= 15 is 0 Å². The van der Waals surface area contributed by atoms with Gasteiger partial charge in [-0.3, -0.25) is 4.79 Å². The lowest BCUT2D eigenvalue weighted by Gasteiger charge is -2.34. The number of likely N-dealkylation sites (tertiary alicyclic amines) is 1. The Morgan fingerprint density at radius 3 is 2.48 bits per heavy atom. The number of hydrogen-bond acceptors (Lipinski definition) is 4. The van der Waals surface area contributed by atoms with Crippen LogP contribution in [0.15, 0.2) is 29.2 Å². The van der Waals surface area contributed by atoms with Gasteiger partial charge in [-0.1, -0.05) is 19.9 Å². The lowest BCUT2D eigenvalue weighted by atomic mass is 10.0. The summed E-state index contributed by atoms with van der Waals surface area (Å²) in [6, 6.07) is 6.69. The van der Waals surface area contributed by atoms with Crippen LogP contribution in [-0.2, 0) is 14.8 Å². The molecule has 3 atom stereocenters. The van der Waals surface area contributed by atoms with Gasteiger partial charge in [0.05, 0.1) is 17.1 Å². The van der Waals surface area contributed by atoms with Crippen molar-refractivity contribution in [3.05, 3.63) is 29.8 Å². The maximum absolute atomic E-state index is 13.1. The SMILES string of the molecule is CC1CN(S(=O)(=O)c2cccc(C(=O)N3CCCC3C(C)C)c2)CC(C)O1. The van der Waals surface area contributed by atoms with E-state index in [0.717, 1.165) is 19.4 Å². The molecule has 2 aliphatic heterocycles. The molecule has 27 heavy (non-hydrogen) atoms. The van der Waals surface area contributed by atoms with Crippen LogP contribution < -0.4 is 0 Å². The van der Waals surface area contributed by atoms with Crippen LogP contribution in [0.5, 0.6) is 0 Å². The van der Waals surface area contributed by atoms with E-state index in [1.165, 1.54) is 10.4 Å². The standard InChI is InChI=1S/C20H30N2O4S/c1-14(2)19-9-6-10-22(19)20(23)17-7-5-8-18(11-17)27(24,25)21-12-15(3)26-16(4)13-21/h5,7-8,11,14-16,19H,6,9-10,12-13H2,1-4H3. The second kappa shape index (κ2) is 7.89. The second-order valence-corrected chi connectivity index (χ2v) is 10.00. The molecule has 0 bridgehead atoms. The number of sulfonamides is 1. The Labute approximate surface area is 162 Å². The normalized spacial score (nSPS) is 27.3. The number of morpholine rings is 1. The maximum atomic E-state index is 13.1. The molecule has 0 radical (unpaired) electrons. The minimum Gasteiger partial charge on any atom is -0.373 e. The van der Waals surface area contributed by atoms with Crippen molar-refractivity contribution in [2.45, 2.75) is 63.7 Å². The van der Waals surface area contributed by atoms with E-state index in [2.05, 4.69) is 13.8 Å². The van der Waals surface area contributed by atoms with Gasteiger partial charge in [0.2, 0.25) is 10.0 Å². The molecule has 3 rings (SSSR count). The smallest absolute Gasteiger partial charge is 0.254 e. The van der Waals surface area contributed by atoms with Gasteiger partial charge in [-0.05, 0) is 50.8 Å². The fourth-order valence-electron chi connectivity index (χ4n) is 4.17. The highest BCUT2D eigenvalue weighted by atomic mass is 32.2. The lowest BCUT2D eigenvalue weighted by Crippen LogP contribution is -2.48. The Morgan fingerprint density at radius 1 is 1.19 bits per heavy atom. The van der Waals surface area contributed by atoms with Crippen molar-refractivity contribution >= 4 is 15.9 Å². The highest BCUT2D eigenvalue weighted by molar-refractivity contribution is 7.89. The van der Waals surface area contributed by atoms with E-state index in [9.17, 15) is 13.2 Å². The fraction of sp³-hybridized carbons (Fsp3) is 0.650. The average molecular weight is 395 g/mol. The second-order valence-electron chi connectivity index (χ2n) is 8.06. The van der Waals surface area contributed by atoms with Gasteiger partial charge in [0.1, 0.15) is 0 Å². The van der Waals surface area contributed by atoms with E-state index in [0.29, 0.717) is 24.6 Å². The molecule has 0 N–H and O–H groups in total. The van der Waals surface area contributed by atoms with Crippen LogP contribution in [0.25, 0.3) is 0 Å². The molecule has 2 heterocycles. The van der Waals surface area contributed by atoms with Crippen molar-refractivity contribution in [1.29, 1.82) is 0 Å². The van der Waals surface area contributed by atoms with Gasteiger partial charge in [0.15, 0.2) is 0 Å². The third-order valence-corrected chi connectivity index (χ3v) is 7.26. The first kappa shape index (κ1) is 20.3. The summed E-state index contributed by atoms with van der Waals surface area (Å²) in [5.74, 6) is 0.312. The summed E-state index contributed by atoms with van der Waals surface area (Å²) in [4.78, 5) is 15.1. The van der Waals surface area contributed by atoms with Crippen molar-refractivity contribution in [3.63, 3.8) is 0 Å². The fourth-order valence-corrected chi connectivity index (χ4v) is 5.81. The van der Waals surface area contributed by atoms with E-state index < -0.39 is 10.0 Å². The Bertz CT molecular complexity index is 783. The highest BCUT2D eigenvalue weighted by Gasteiger charge is 2.34. The molecule has 1 aromatic carbocycles. The van der Waals surface area contributed by atoms with Crippen molar-refractivity contribution in [1.82, 2.24) is 9.21 Å². The van der Waals surface area contributed by atoms with Crippen LogP contribution in [0.3, 0.4) is 0 Å². The molecular weight excluding hydrogens is 364 g/mol. The Hall–Kier alpha value is -1.44. The summed E-state index contributed by atoms with van der Waals surface area (Å²) in [5, 5.41) is 0. The molecule has 150 valence electrons. The number of rotatable bonds is 4. The lowest BCUT2D eigenvalue weighted by molar-refractivity contribution is -0.0440. The first-order valence-corrected chi connectivity index (χ1v) is 11.2. The van der Waals surface area contributed by atoms with Crippen LogP contribution in [-0.4, -0.2) is 61.4 Å². The largest absolute Gasteiger partial charge is 0.373 e. The summed E-state index contributed by atoms with van der Waals surface area (Å²) in [6.07, 6.45) is 1.70. The number of benzene rings is 1. The number of hydrogen-bond donors (Lipinski definition) is 0. The molecule has 2 saturated heterocycles. The van der Waals surface area contributed by atoms with E-state index in [4.69, 9.17) is 4.74 Å². The number of carbonyl (C=O) groups excluding carboxylic acids is 1. The zero-order valence-corrected chi connectivity index (χ0v) is 17.4. The minimum absolute atomic E-state index is 0.0769. The third kappa shape index (κ3) is 4.20. The number of nitrogens with zero attached hydrogens (tertiary/aromatic N) is 2. The number of amides is 1. The molecule has 0 aliphatic carbocycles. The molecule has 6 nitrogen and oxygen atoms in total. The van der Waals surface area contributed by atoms with Crippen molar-refractivity contribution in [2.75, 3.05) is 19.6 Å².